The van der Waals surface area contributed by atoms with Crippen LogP contribution in [0.15, 0.2) is 24.3 Å². The molecule has 1 aromatic rings. The van der Waals surface area contributed by atoms with Crippen LogP contribution in [0, 0.1) is 0 Å². The average Bonchev–Trinajstić information content (AvgIpc) is 2.28. The second-order valence-corrected chi connectivity index (χ2v) is 4.43. The second-order valence-electron chi connectivity index (χ2n) is 4.00. The maximum atomic E-state index is 11.5. The van der Waals surface area contributed by atoms with E-state index in [2.05, 4.69) is 10.6 Å². The molecule has 1 amide bonds. The lowest BCUT2D eigenvalue weighted by molar-refractivity contribution is -0.124. The van der Waals surface area contributed by atoms with Crippen LogP contribution in [0.1, 0.15) is 18.4 Å². The number of hydrogen-bond acceptors (Lipinski definition) is 2. The molecule has 0 aromatic heterocycles. The number of nitrogens with one attached hydrogen (secondary N) is 2. The quantitative estimate of drug-likeness (QED) is 0.842. The fourth-order valence-electron chi connectivity index (χ4n) is 1.85. The van der Waals surface area contributed by atoms with E-state index in [0.717, 1.165) is 30.0 Å². The zero-order valence-electron chi connectivity index (χ0n) is 9.00. The summed E-state index contributed by atoms with van der Waals surface area (Å²) in [5, 5.41) is 6.83. The fraction of sp³-hybridized carbons (Fsp3) is 0.417. The smallest absolute Gasteiger partial charge is 0.237 e. The number of carbonyl (C=O) groups excluding carboxylic acids is 1. The summed E-state index contributed by atoms with van der Waals surface area (Å²) in [7, 11) is 0. The molecule has 3 nitrogen and oxygen atoms in total. The number of amides is 1. The van der Waals surface area contributed by atoms with Crippen LogP contribution in [0.2, 0.25) is 5.02 Å². The molecule has 1 heterocycles. The number of benzene rings is 1. The summed E-state index contributed by atoms with van der Waals surface area (Å²) in [6.07, 6.45) is 1.95. The van der Waals surface area contributed by atoms with E-state index in [-0.39, 0.29) is 11.9 Å². The Morgan fingerprint density at radius 2 is 2.38 bits per heavy atom. The van der Waals surface area contributed by atoms with Crippen molar-refractivity contribution in [1.82, 2.24) is 10.6 Å². The number of piperidine rings is 1. The van der Waals surface area contributed by atoms with Crippen molar-refractivity contribution < 1.29 is 4.79 Å². The molecule has 2 N–H and O–H groups in total. The van der Waals surface area contributed by atoms with E-state index in [1.54, 1.807) is 0 Å². The molecule has 86 valence electrons. The second kappa shape index (κ2) is 5.32. The Hall–Kier alpha value is -1.06. The van der Waals surface area contributed by atoms with Crippen molar-refractivity contribution >= 4 is 17.5 Å². The van der Waals surface area contributed by atoms with Crippen LogP contribution < -0.4 is 10.6 Å². The van der Waals surface area contributed by atoms with E-state index < -0.39 is 0 Å². The van der Waals surface area contributed by atoms with Gasteiger partial charge in [-0.15, -0.1) is 0 Å². The Bertz CT molecular complexity index is 381. The van der Waals surface area contributed by atoms with Crippen molar-refractivity contribution in [3.05, 3.63) is 34.9 Å². The van der Waals surface area contributed by atoms with Gasteiger partial charge >= 0.3 is 0 Å². The minimum absolute atomic E-state index is 0.0623. The van der Waals surface area contributed by atoms with Gasteiger partial charge in [-0.3, -0.25) is 4.79 Å². The molecule has 0 spiro atoms. The molecule has 0 saturated carbocycles. The summed E-state index contributed by atoms with van der Waals surface area (Å²) in [5.41, 5.74) is 1.10. The topological polar surface area (TPSA) is 41.1 Å². The Kier molecular flexibility index (Phi) is 3.80. The first kappa shape index (κ1) is 11.4. The number of rotatable bonds is 3. The third-order valence-electron chi connectivity index (χ3n) is 2.73. The van der Waals surface area contributed by atoms with Gasteiger partial charge in [0.05, 0.1) is 6.04 Å². The van der Waals surface area contributed by atoms with Crippen LogP contribution in [0.4, 0.5) is 0 Å². The third kappa shape index (κ3) is 2.97. The molecular weight excluding hydrogens is 224 g/mol. The van der Waals surface area contributed by atoms with Gasteiger partial charge in [0, 0.05) is 18.1 Å². The van der Waals surface area contributed by atoms with Gasteiger partial charge in [0.1, 0.15) is 0 Å². The lowest BCUT2D eigenvalue weighted by atomic mass is 10.1. The van der Waals surface area contributed by atoms with Gasteiger partial charge in [0.15, 0.2) is 0 Å². The summed E-state index contributed by atoms with van der Waals surface area (Å²) in [6, 6.07) is 7.61. The molecule has 1 aliphatic rings. The van der Waals surface area contributed by atoms with Crippen LogP contribution >= 0.6 is 11.6 Å². The summed E-state index contributed by atoms with van der Waals surface area (Å²) >= 11 is 5.89. The summed E-state index contributed by atoms with van der Waals surface area (Å²) < 4.78 is 0. The predicted octanol–water partition coefficient (Wildman–Crippen LogP) is 1.71. The summed E-state index contributed by atoms with van der Waals surface area (Å²) in [6.45, 7) is 1.48. The number of hydrogen-bond donors (Lipinski definition) is 2. The molecular formula is C12H15ClN2O. The molecule has 0 aliphatic carbocycles. The Morgan fingerprint density at radius 3 is 3.12 bits per heavy atom. The van der Waals surface area contributed by atoms with Gasteiger partial charge in [-0.25, -0.2) is 0 Å². The van der Waals surface area contributed by atoms with Crippen molar-refractivity contribution in [2.45, 2.75) is 25.4 Å². The minimum Gasteiger partial charge on any atom is -0.355 e. The standard InChI is InChI=1S/C12H15ClN2O/c13-10-4-1-3-9(7-10)8-15-11-5-2-6-14-12(11)16/h1,3-4,7,11,15H,2,5-6,8H2,(H,14,16). The maximum absolute atomic E-state index is 11.5. The maximum Gasteiger partial charge on any atom is 0.237 e. The molecule has 1 fully saturated rings. The molecule has 1 aliphatic heterocycles. The van der Waals surface area contributed by atoms with Gasteiger partial charge in [-0.05, 0) is 30.5 Å². The van der Waals surface area contributed by atoms with Gasteiger partial charge in [0.2, 0.25) is 5.91 Å². The highest BCUT2D eigenvalue weighted by atomic mass is 35.5. The van der Waals surface area contributed by atoms with Crippen LogP contribution in [-0.4, -0.2) is 18.5 Å². The van der Waals surface area contributed by atoms with Crippen molar-refractivity contribution in [3.8, 4) is 0 Å². The van der Waals surface area contributed by atoms with E-state index in [1.807, 2.05) is 24.3 Å². The molecule has 0 radical (unpaired) electrons. The molecule has 1 atom stereocenters. The zero-order chi connectivity index (χ0) is 11.4. The Morgan fingerprint density at radius 1 is 1.50 bits per heavy atom. The van der Waals surface area contributed by atoms with Crippen LogP contribution in [0.3, 0.4) is 0 Å². The third-order valence-corrected chi connectivity index (χ3v) is 2.96. The Balaban J connectivity index is 1.89. The Labute approximate surface area is 100 Å². The molecule has 16 heavy (non-hydrogen) atoms. The van der Waals surface area contributed by atoms with Gasteiger partial charge in [-0.1, -0.05) is 23.7 Å². The SMILES string of the molecule is O=C1NCCCC1NCc1cccc(Cl)c1. The van der Waals surface area contributed by atoms with E-state index in [0.29, 0.717) is 6.54 Å². The first-order valence-corrected chi connectivity index (χ1v) is 5.89. The number of carbonyl (C=O) groups is 1. The van der Waals surface area contributed by atoms with Gasteiger partial charge in [-0.2, -0.15) is 0 Å². The number of halogens is 1. The first-order valence-electron chi connectivity index (χ1n) is 5.51. The largest absolute Gasteiger partial charge is 0.355 e. The normalized spacial score (nSPS) is 20.6. The van der Waals surface area contributed by atoms with Crippen LogP contribution in [0.5, 0.6) is 0 Å². The molecule has 1 aromatic carbocycles. The van der Waals surface area contributed by atoms with Crippen molar-refractivity contribution in [2.24, 2.45) is 0 Å². The lowest BCUT2D eigenvalue weighted by Crippen LogP contribution is -2.47. The highest BCUT2D eigenvalue weighted by molar-refractivity contribution is 6.30. The van der Waals surface area contributed by atoms with E-state index in [1.165, 1.54) is 0 Å². The average molecular weight is 239 g/mol. The van der Waals surface area contributed by atoms with E-state index in [4.69, 9.17) is 11.6 Å². The van der Waals surface area contributed by atoms with Crippen molar-refractivity contribution in [2.75, 3.05) is 6.54 Å². The summed E-state index contributed by atoms with van der Waals surface area (Å²) in [5.74, 6) is 0.105. The van der Waals surface area contributed by atoms with Gasteiger partial charge in [0.25, 0.3) is 0 Å². The van der Waals surface area contributed by atoms with E-state index in [9.17, 15) is 4.79 Å². The molecule has 4 heteroatoms. The van der Waals surface area contributed by atoms with Crippen LogP contribution in [-0.2, 0) is 11.3 Å². The van der Waals surface area contributed by atoms with Crippen molar-refractivity contribution in [1.29, 1.82) is 0 Å². The lowest BCUT2D eigenvalue weighted by Gasteiger charge is -2.22. The summed E-state index contributed by atoms with van der Waals surface area (Å²) in [4.78, 5) is 11.5. The van der Waals surface area contributed by atoms with Gasteiger partial charge < -0.3 is 10.6 Å². The first-order chi connectivity index (χ1) is 7.75. The predicted molar refractivity (Wildman–Crippen MR) is 64.3 cm³/mol. The molecule has 1 unspecified atom stereocenters. The van der Waals surface area contributed by atoms with E-state index >= 15 is 0 Å². The fourth-order valence-corrected chi connectivity index (χ4v) is 2.07. The zero-order valence-corrected chi connectivity index (χ0v) is 9.76. The monoisotopic (exact) mass is 238 g/mol. The molecule has 0 bridgehead atoms. The minimum atomic E-state index is -0.0623. The van der Waals surface area contributed by atoms with Crippen LogP contribution in [0.25, 0.3) is 0 Å². The molecule has 1 saturated heterocycles. The highest BCUT2D eigenvalue weighted by Crippen LogP contribution is 2.11. The molecule has 2 rings (SSSR count). The highest BCUT2D eigenvalue weighted by Gasteiger charge is 2.20. The van der Waals surface area contributed by atoms with Crippen molar-refractivity contribution in [3.63, 3.8) is 0 Å².